The van der Waals surface area contributed by atoms with Crippen molar-refractivity contribution in [2.24, 2.45) is 0 Å². The van der Waals surface area contributed by atoms with Crippen LogP contribution in [0.25, 0.3) is 11.0 Å². The Balaban J connectivity index is 2.55. The van der Waals surface area contributed by atoms with Gasteiger partial charge in [-0.25, -0.2) is 0 Å². The molecule has 1 aromatic carbocycles. The van der Waals surface area contributed by atoms with E-state index in [4.69, 9.17) is 4.42 Å². The predicted octanol–water partition coefficient (Wildman–Crippen LogP) is 4.40. The molecule has 1 heterocycles. The van der Waals surface area contributed by atoms with Gasteiger partial charge < -0.3 is 4.42 Å². The van der Waals surface area contributed by atoms with Crippen molar-refractivity contribution in [2.75, 3.05) is 0 Å². The topological polar surface area (TPSA) is 30.2 Å². The molecule has 0 saturated carbocycles. The maximum absolute atomic E-state index is 12.1. The highest BCUT2D eigenvalue weighted by molar-refractivity contribution is 5.77. The van der Waals surface area contributed by atoms with Crippen molar-refractivity contribution in [1.29, 1.82) is 0 Å². The smallest absolute Gasteiger partial charge is 0.192 e. The highest BCUT2D eigenvalue weighted by Crippen LogP contribution is 2.26. The zero-order valence-corrected chi connectivity index (χ0v) is 11.3. The molecule has 2 rings (SSSR count). The van der Waals surface area contributed by atoms with Crippen molar-refractivity contribution < 1.29 is 4.42 Å². The first kappa shape index (κ1) is 12.9. The Morgan fingerprint density at radius 1 is 1.22 bits per heavy atom. The Bertz CT molecular complexity index is 596. The zero-order chi connectivity index (χ0) is 13.1. The lowest BCUT2D eigenvalue weighted by Gasteiger charge is -2.13. The average Bonchev–Trinajstić information content (AvgIpc) is 2.36. The van der Waals surface area contributed by atoms with Crippen LogP contribution in [0.1, 0.15) is 50.4 Å². The van der Waals surface area contributed by atoms with Crippen molar-refractivity contribution >= 4 is 11.0 Å². The number of aryl methyl sites for hydroxylation is 1. The summed E-state index contributed by atoms with van der Waals surface area (Å²) in [5.74, 6) is 1.19. The van der Waals surface area contributed by atoms with E-state index in [1.807, 2.05) is 25.1 Å². The summed E-state index contributed by atoms with van der Waals surface area (Å²) >= 11 is 0. The van der Waals surface area contributed by atoms with E-state index in [-0.39, 0.29) is 5.43 Å². The van der Waals surface area contributed by atoms with E-state index in [9.17, 15) is 4.79 Å². The molecule has 0 saturated heterocycles. The van der Waals surface area contributed by atoms with Crippen LogP contribution in [0, 0.1) is 6.92 Å². The molecule has 0 radical (unpaired) electrons. The molecule has 0 spiro atoms. The van der Waals surface area contributed by atoms with Gasteiger partial charge >= 0.3 is 0 Å². The summed E-state index contributed by atoms with van der Waals surface area (Å²) in [6.45, 7) is 6.28. The van der Waals surface area contributed by atoms with Gasteiger partial charge in [-0.1, -0.05) is 31.9 Å². The maximum Gasteiger partial charge on any atom is 0.192 e. The van der Waals surface area contributed by atoms with E-state index in [0.717, 1.165) is 30.6 Å². The first-order valence-electron chi connectivity index (χ1n) is 6.70. The van der Waals surface area contributed by atoms with Gasteiger partial charge in [0.15, 0.2) is 5.43 Å². The van der Waals surface area contributed by atoms with Crippen LogP contribution >= 0.6 is 0 Å². The highest BCUT2D eigenvalue weighted by atomic mass is 16.3. The molecule has 1 aromatic heterocycles. The zero-order valence-electron chi connectivity index (χ0n) is 11.3. The fourth-order valence-corrected chi connectivity index (χ4v) is 2.39. The first-order valence-corrected chi connectivity index (χ1v) is 6.70. The fraction of sp³-hybridized carbons (Fsp3) is 0.438. The summed E-state index contributed by atoms with van der Waals surface area (Å²) < 4.78 is 5.90. The van der Waals surface area contributed by atoms with Crippen molar-refractivity contribution in [1.82, 2.24) is 0 Å². The molecule has 96 valence electrons. The minimum absolute atomic E-state index is 0.0736. The van der Waals surface area contributed by atoms with E-state index in [2.05, 4.69) is 13.8 Å². The lowest BCUT2D eigenvalue weighted by Crippen LogP contribution is -2.06. The molecule has 0 bridgehead atoms. The van der Waals surface area contributed by atoms with Crippen molar-refractivity contribution in [3.63, 3.8) is 0 Å². The van der Waals surface area contributed by atoms with Crippen molar-refractivity contribution in [2.45, 2.75) is 46.0 Å². The number of fused-ring (bicyclic) bond motifs is 1. The average molecular weight is 244 g/mol. The largest absolute Gasteiger partial charge is 0.461 e. The lowest BCUT2D eigenvalue weighted by molar-refractivity contribution is 0.449. The molecule has 2 aromatic rings. The molecular weight excluding hydrogens is 224 g/mol. The third kappa shape index (κ3) is 2.47. The van der Waals surface area contributed by atoms with Crippen LogP contribution in [0.4, 0.5) is 0 Å². The summed E-state index contributed by atoms with van der Waals surface area (Å²) in [6, 6.07) is 7.45. The van der Waals surface area contributed by atoms with Crippen molar-refractivity contribution in [3.05, 3.63) is 45.8 Å². The van der Waals surface area contributed by atoms with E-state index in [1.165, 1.54) is 0 Å². The lowest BCUT2D eigenvalue weighted by atomic mass is 9.97. The second kappa shape index (κ2) is 5.38. The highest BCUT2D eigenvalue weighted by Gasteiger charge is 2.13. The molecule has 1 atom stereocenters. The summed E-state index contributed by atoms with van der Waals surface area (Å²) in [6.07, 6.45) is 3.18. The molecule has 2 heteroatoms. The first-order chi connectivity index (χ1) is 8.65. The standard InChI is InChI=1S/C16H20O2/c1-4-6-12(5-2)16-10-14(17)13-9-11(3)7-8-15(13)18-16/h7-10,12H,4-6H2,1-3H3. The predicted molar refractivity (Wildman–Crippen MR) is 75.2 cm³/mol. The van der Waals surface area contributed by atoms with Crippen LogP contribution < -0.4 is 5.43 Å². The summed E-state index contributed by atoms with van der Waals surface area (Å²) in [7, 11) is 0. The molecule has 0 fully saturated rings. The van der Waals surface area contributed by atoms with E-state index >= 15 is 0 Å². The van der Waals surface area contributed by atoms with Crippen LogP contribution in [-0.4, -0.2) is 0 Å². The fourth-order valence-electron chi connectivity index (χ4n) is 2.39. The van der Waals surface area contributed by atoms with Crippen LogP contribution in [0.5, 0.6) is 0 Å². The Morgan fingerprint density at radius 3 is 2.67 bits per heavy atom. The molecule has 0 aliphatic rings. The summed E-state index contributed by atoms with van der Waals surface area (Å²) in [4.78, 5) is 12.1. The summed E-state index contributed by atoms with van der Waals surface area (Å²) in [5, 5.41) is 0.685. The second-order valence-electron chi connectivity index (χ2n) is 4.91. The van der Waals surface area contributed by atoms with Gasteiger partial charge in [0.1, 0.15) is 11.3 Å². The molecular formula is C16H20O2. The Kier molecular flexibility index (Phi) is 3.85. The third-order valence-corrected chi connectivity index (χ3v) is 3.43. The Morgan fingerprint density at radius 2 is 2.00 bits per heavy atom. The Labute approximate surface area is 108 Å². The quantitative estimate of drug-likeness (QED) is 0.798. The van der Waals surface area contributed by atoms with E-state index < -0.39 is 0 Å². The van der Waals surface area contributed by atoms with Gasteiger partial charge in [-0.3, -0.25) is 4.79 Å². The number of benzene rings is 1. The normalized spacial score (nSPS) is 12.8. The molecule has 18 heavy (non-hydrogen) atoms. The third-order valence-electron chi connectivity index (χ3n) is 3.43. The number of rotatable bonds is 4. The van der Waals surface area contributed by atoms with Gasteiger partial charge in [-0.2, -0.15) is 0 Å². The van der Waals surface area contributed by atoms with Crippen LogP contribution in [0.2, 0.25) is 0 Å². The number of hydrogen-bond acceptors (Lipinski definition) is 2. The van der Waals surface area contributed by atoms with E-state index in [0.29, 0.717) is 16.9 Å². The van der Waals surface area contributed by atoms with E-state index in [1.54, 1.807) is 6.07 Å². The molecule has 0 aliphatic carbocycles. The molecule has 0 amide bonds. The summed E-state index contributed by atoms with van der Waals surface area (Å²) in [5.41, 5.74) is 1.87. The second-order valence-corrected chi connectivity index (χ2v) is 4.91. The van der Waals surface area contributed by atoms with Gasteiger partial charge in [0.05, 0.1) is 5.39 Å². The molecule has 0 aliphatic heterocycles. The van der Waals surface area contributed by atoms with Gasteiger partial charge in [-0.15, -0.1) is 0 Å². The van der Waals surface area contributed by atoms with Crippen LogP contribution in [0.3, 0.4) is 0 Å². The van der Waals surface area contributed by atoms with Gasteiger partial charge in [-0.05, 0) is 31.9 Å². The number of hydrogen-bond donors (Lipinski definition) is 0. The SMILES string of the molecule is CCCC(CC)c1cc(=O)c2cc(C)ccc2o1. The monoisotopic (exact) mass is 244 g/mol. The molecule has 1 unspecified atom stereocenters. The minimum atomic E-state index is 0.0736. The van der Waals surface area contributed by atoms with Crippen LogP contribution in [0.15, 0.2) is 33.5 Å². The van der Waals surface area contributed by atoms with Crippen LogP contribution in [-0.2, 0) is 0 Å². The maximum atomic E-state index is 12.1. The van der Waals surface area contributed by atoms with Gasteiger partial charge in [0.2, 0.25) is 0 Å². The molecule has 2 nitrogen and oxygen atoms in total. The van der Waals surface area contributed by atoms with Crippen molar-refractivity contribution in [3.8, 4) is 0 Å². The Hall–Kier alpha value is -1.57. The van der Waals surface area contributed by atoms with Gasteiger partial charge in [0.25, 0.3) is 0 Å². The van der Waals surface area contributed by atoms with Gasteiger partial charge in [0, 0.05) is 12.0 Å². The minimum Gasteiger partial charge on any atom is -0.461 e. The molecule has 0 N–H and O–H groups in total.